The van der Waals surface area contributed by atoms with E-state index in [2.05, 4.69) is 77.8 Å². The maximum Gasteiger partial charge on any atom is 0.115 e. The maximum atomic E-state index is 9.38. The molecule has 154 valence electrons. The van der Waals surface area contributed by atoms with Gasteiger partial charge in [0.1, 0.15) is 5.75 Å². The molecule has 0 unspecified atom stereocenters. The minimum absolute atomic E-state index is 0. The summed E-state index contributed by atoms with van der Waals surface area (Å²) in [6, 6.07) is 5.86. The summed E-state index contributed by atoms with van der Waals surface area (Å²) in [4.78, 5) is 0. The molecule has 0 aliphatic heterocycles. The molecule has 27 heavy (non-hydrogen) atoms. The van der Waals surface area contributed by atoms with Crippen LogP contribution in [-0.4, -0.2) is 22.7 Å². The van der Waals surface area contributed by atoms with Crippen LogP contribution in [0.2, 0.25) is 32.7 Å². The molecule has 6 heteroatoms. The molecule has 1 N–H and O–H groups in total. The van der Waals surface area contributed by atoms with Crippen molar-refractivity contribution < 1.29 is 26.8 Å². The summed E-state index contributed by atoms with van der Waals surface area (Å²) in [5.41, 5.74) is 2.79. The third kappa shape index (κ3) is 15.8. The fourth-order valence-corrected chi connectivity index (χ4v) is 3.36. The predicted molar refractivity (Wildman–Crippen MR) is 128 cm³/mol. The number of aryl methyl sites for hydroxylation is 1. The van der Waals surface area contributed by atoms with Crippen molar-refractivity contribution in [1.82, 2.24) is 0 Å². The Balaban J connectivity index is -0.000000159. The van der Waals surface area contributed by atoms with Crippen LogP contribution in [0.5, 0.6) is 5.75 Å². The van der Waals surface area contributed by atoms with Gasteiger partial charge in [-0.05, 0) is 30.0 Å². The number of rotatable bonds is 1. The van der Waals surface area contributed by atoms with Gasteiger partial charge in [0.15, 0.2) is 0 Å². The number of phenolic OH excluding ortho intramolecular Hbond substituents is 1. The van der Waals surface area contributed by atoms with E-state index in [1.807, 2.05) is 13.0 Å². The first kappa shape index (κ1) is 34.7. The van der Waals surface area contributed by atoms with E-state index in [0.29, 0.717) is 11.2 Å². The van der Waals surface area contributed by atoms with Crippen LogP contribution in [0.4, 0.5) is 0 Å². The molecular formula is C21H37Cl2OSi2Ti-. The van der Waals surface area contributed by atoms with E-state index in [0.717, 1.165) is 21.5 Å². The number of allylic oxidation sites excluding steroid dienone is 4. The first-order valence-electron chi connectivity index (χ1n) is 8.59. The van der Waals surface area contributed by atoms with Crippen molar-refractivity contribution in [1.29, 1.82) is 0 Å². The van der Waals surface area contributed by atoms with Gasteiger partial charge < -0.3 is 5.11 Å². The first-order valence-corrected chi connectivity index (χ1v) is 14.1. The van der Waals surface area contributed by atoms with Gasteiger partial charge in [-0.1, -0.05) is 64.8 Å². The van der Waals surface area contributed by atoms with Crippen LogP contribution in [0, 0.1) is 18.4 Å². The van der Waals surface area contributed by atoms with E-state index in [9.17, 15) is 5.11 Å². The largest absolute Gasteiger partial charge is 0.508 e. The molecule has 0 spiro atoms. The van der Waals surface area contributed by atoms with Crippen molar-refractivity contribution in [3.8, 4) is 5.75 Å². The second-order valence-corrected chi connectivity index (χ2v) is 14.3. The third-order valence-corrected chi connectivity index (χ3v) is 5.45. The van der Waals surface area contributed by atoms with E-state index in [4.69, 9.17) is 0 Å². The molecule has 1 aliphatic rings. The minimum atomic E-state index is -1.26. The van der Waals surface area contributed by atoms with Gasteiger partial charge in [0.05, 0.1) is 8.07 Å². The van der Waals surface area contributed by atoms with Crippen LogP contribution in [0.25, 0.3) is 0 Å². The molecule has 2 rings (SSSR count). The van der Waals surface area contributed by atoms with Crippen LogP contribution in [0.1, 0.15) is 32.8 Å². The van der Waals surface area contributed by atoms with Gasteiger partial charge in [0.25, 0.3) is 0 Å². The molecule has 0 bridgehead atoms. The van der Waals surface area contributed by atoms with Crippen molar-refractivity contribution in [3.05, 3.63) is 47.6 Å². The molecule has 1 aromatic rings. The average Bonchev–Trinajstić information content (AvgIpc) is 2.91. The van der Waals surface area contributed by atoms with Crippen molar-refractivity contribution in [2.45, 2.75) is 66.9 Å². The standard InChI is InChI=1S/C10H16OSi.C9H13.C2H6Si.2ClH.Ti/c1-8-5-9(11)7-10(6-8)12(2,3)4;1-9(2,3)8-6-4-5-7-8;1-3-2;;;/h5-7,11H,1-4H3;4,6H,5H2,1-3H3;1-2H3;2*1H;/q;-1;;;;. The summed E-state index contributed by atoms with van der Waals surface area (Å²) in [7, 11) is -0.173. The number of hydrogen-bond acceptors (Lipinski definition) is 1. The van der Waals surface area contributed by atoms with Gasteiger partial charge in [-0.3, -0.25) is 6.08 Å². The van der Waals surface area contributed by atoms with Crippen molar-refractivity contribution in [3.63, 3.8) is 0 Å². The fourth-order valence-electron chi connectivity index (χ4n) is 2.12. The second-order valence-electron chi connectivity index (χ2n) is 8.25. The molecule has 1 aromatic carbocycles. The number of aromatic hydroxyl groups is 1. The van der Waals surface area contributed by atoms with Gasteiger partial charge >= 0.3 is 0 Å². The van der Waals surface area contributed by atoms with Gasteiger partial charge in [-0.2, -0.15) is 6.08 Å². The number of hydrogen-bond donors (Lipinski definition) is 1. The number of halogens is 2. The van der Waals surface area contributed by atoms with E-state index in [-0.39, 0.29) is 46.5 Å². The summed E-state index contributed by atoms with van der Waals surface area (Å²) in [6.45, 7) is 19.8. The molecule has 0 saturated heterocycles. The Hall–Kier alpha value is 0.228. The van der Waals surface area contributed by atoms with Crippen molar-refractivity contribution >= 4 is 47.6 Å². The zero-order valence-electron chi connectivity index (χ0n) is 18.4. The summed E-state index contributed by atoms with van der Waals surface area (Å²) >= 11 is 0. The maximum absolute atomic E-state index is 9.38. The SMILES string of the molecule is CC(C)(C)C1=[C-]CC=C1.C[Si]C.Cc1cc(O)cc([Si](C)(C)C)c1.Cl.Cl.[Ti]. The zero-order chi connectivity index (χ0) is 19.0. The molecular weight excluding hydrogens is 443 g/mol. The predicted octanol–water partition coefficient (Wildman–Crippen LogP) is 6.60. The Bertz CT molecular complexity index is 554. The molecule has 1 nitrogen and oxygen atoms in total. The summed E-state index contributed by atoms with van der Waals surface area (Å²) < 4.78 is 0. The van der Waals surface area contributed by atoms with Gasteiger partial charge in [-0.15, -0.1) is 31.2 Å². The smallest absolute Gasteiger partial charge is 0.115 e. The first-order chi connectivity index (χ1) is 10.9. The van der Waals surface area contributed by atoms with Crippen molar-refractivity contribution in [2.24, 2.45) is 5.41 Å². The fraction of sp³-hybridized carbons (Fsp3) is 0.524. The van der Waals surface area contributed by atoms with E-state index in [1.54, 1.807) is 6.07 Å². The summed E-state index contributed by atoms with van der Waals surface area (Å²) in [6.07, 6.45) is 8.63. The molecule has 0 heterocycles. The van der Waals surface area contributed by atoms with E-state index >= 15 is 0 Å². The Kier molecular flexibility index (Phi) is 20.7. The summed E-state index contributed by atoms with van der Waals surface area (Å²) in [5, 5.41) is 10.7. The Morgan fingerprint density at radius 2 is 1.52 bits per heavy atom. The Morgan fingerprint density at radius 3 is 1.78 bits per heavy atom. The Labute approximate surface area is 199 Å². The van der Waals surface area contributed by atoms with Crippen molar-refractivity contribution in [2.75, 3.05) is 0 Å². The molecule has 0 atom stereocenters. The minimum Gasteiger partial charge on any atom is -0.508 e. The molecule has 2 radical (unpaired) electrons. The molecule has 0 aromatic heterocycles. The molecule has 0 saturated carbocycles. The normalized spacial score (nSPS) is 12.0. The number of phenols is 1. The van der Waals surface area contributed by atoms with Crippen LogP contribution in [-0.2, 0) is 21.7 Å². The third-order valence-electron chi connectivity index (χ3n) is 3.43. The van der Waals surface area contributed by atoms with Crippen LogP contribution in [0.15, 0.2) is 35.9 Å². The van der Waals surface area contributed by atoms with Crippen LogP contribution >= 0.6 is 24.8 Å². The number of benzene rings is 1. The Morgan fingerprint density at radius 1 is 1.04 bits per heavy atom. The monoisotopic (exact) mass is 479 g/mol. The van der Waals surface area contributed by atoms with Gasteiger partial charge in [0, 0.05) is 31.2 Å². The van der Waals surface area contributed by atoms with E-state index in [1.165, 1.54) is 10.8 Å². The molecule has 0 amide bonds. The quantitative estimate of drug-likeness (QED) is 0.355. The average molecular weight is 480 g/mol. The zero-order valence-corrected chi connectivity index (χ0v) is 23.6. The second kappa shape index (κ2) is 16.1. The van der Waals surface area contributed by atoms with Crippen LogP contribution in [0.3, 0.4) is 0 Å². The van der Waals surface area contributed by atoms with Gasteiger partial charge in [-0.25, -0.2) is 11.6 Å². The molecule has 0 fully saturated rings. The van der Waals surface area contributed by atoms with E-state index < -0.39 is 8.07 Å². The van der Waals surface area contributed by atoms with Crippen LogP contribution < -0.4 is 5.19 Å². The topological polar surface area (TPSA) is 20.2 Å². The molecule has 1 aliphatic carbocycles. The van der Waals surface area contributed by atoms with Gasteiger partial charge in [0.2, 0.25) is 0 Å². The summed E-state index contributed by atoms with van der Waals surface area (Å²) in [5.74, 6) is 0.396.